The van der Waals surface area contributed by atoms with Gasteiger partial charge in [-0.1, -0.05) is 35.5 Å². The second-order valence-electron chi connectivity index (χ2n) is 6.62. The van der Waals surface area contributed by atoms with Crippen LogP contribution in [0.5, 0.6) is 5.75 Å². The summed E-state index contributed by atoms with van der Waals surface area (Å²) in [6, 6.07) is 11.3. The van der Waals surface area contributed by atoms with E-state index >= 15 is 0 Å². The molecule has 0 spiro atoms. The topological polar surface area (TPSA) is 51.2 Å². The number of aromatic nitrogens is 1. The summed E-state index contributed by atoms with van der Waals surface area (Å²) < 4.78 is 41.2. The van der Waals surface area contributed by atoms with Crippen molar-refractivity contribution in [1.29, 1.82) is 0 Å². The van der Waals surface area contributed by atoms with Gasteiger partial charge < -0.3 is 10.1 Å². The zero-order valence-electron chi connectivity index (χ0n) is 16.2. The molecule has 1 aromatic heterocycles. The third-order valence-electron chi connectivity index (χ3n) is 4.10. The van der Waals surface area contributed by atoms with Crippen LogP contribution >= 0.6 is 23.1 Å². The standard InChI is InChI=1S/C21H19F3N2O2S2/c1-13-3-4-14(2)15(9-13)11-29-20-26-17(12-30-20)10-19(27)25-16-5-7-18(8-6-16)28-21(22,23)24/h3-9,12H,10-11H2,1-2H3,(H,25,27). The van der Waals surface area contributed by atoms with Crippen molar-refractivity contribution in [1.82, 2.24) is 4.98 Å². The summed E-state index contributed by atoms with van der Waals surface area (Å²) >= 11 is 3.11. The summed E-state index contributed by atoms with van der Waals surface area (Å²) in [6.45, 7) is 4.14. The van der Waals surface area contributed by atoms with E-state index in [2.05, 4.69) is 47.1 Å². The fraction of sp³-hybridized carbons (Fsp3) is 0.238. The van der Waals surface area contributed by atoms with E-state index in [4.69, 9.17) is 0 Å². The van der Waals surface area contributed by atoms with Crippen LogP contribution in [0.25, 0.3) is 0 Å². The predicted octanol–water partition coefficient (Wildman–Crippen LogP) is 6.13. The monoisotopic (exact) mass is 452 g/mol. The highest BCUT2D eigenvalue weighted by Crippen LogP contribution is 2.28. The molecule has 3 rings (SSSR count). The Hall–Kier alpha value is -2.52. The fourth-order valence-electron chi connectivity index (χ4n) is 2.64. The zero-order chi connectivity index (χ0) is 21.7. The average molecular weight is 453 g/mol. The highest BCUT2D eigenvalue weighted by atomic mass is 32.2. The number of anilines is 1. The Morgan fingerprint density at radius 1 is 1.17 bits per heavy atom. The average Bonchev–Trinajstić information content (AvgIpc) is 3.10. The number of aryl methyl sites for hydroxylation is 2. The Balaban J connectivity index is 1.51. The quantitative estimate of drug-likeness (QED) is 0.438. The molecule has 1 heterocycles. The van der Waals surface area contributed by atoms with Crippen LogP contribution in [0.3, 0.4) is 0 Å². The van der Waals surface area contributed by atoms with Gasteiger partial charge in [-0.15, -0.1) is 24.5 Å². The van der Waals surface area contributed by atoms with E-state index < -0.39 is 6.36 Å². The van der Waals surface area contributed by atoms with Gasteiger partial charge in [-0.25, -0.2) is 4.98 Å². The van der Waals surface area contributed by atoms with Crippen LogP contribution in [-0.4, -0.2) is 17.3 Å². The molecule has 2 aromatic carbocycles. The molecule has 0 saturated heterocycles. The zero-order valence-corrected chi connectivity index (χ0v) is 17.9. The first kappa shape index (κ1) is 22.2. The Bertz CT molecular complexity index is 1020. The molecule has 30 heavy (non-hydrogen) atoms. The maximum Gasteiger partial charge on any atom is 0.573 e. The second kappa shape index (κ2) is 9.53. The highest BCUT2D eigenvalue weighted by molar-refractivity contribution is 8.00. The van der Waals surface area contributed by atoms with Gasteiger partial charge in [-0.3, -0.25) is 4.79 Å². The highest BCUT2D eigenvalue weighted by Gasteiger charge is 2.30. The van der Waals surface area contributed by atoms with E-state index in [1.807, 2.05) is 5.38 Å². The number of nitrogens with one attached hydrogen (secondary N) is 1. The molecule has 3 aromatic rings. The smallest absolute Gasteiger partial charge is 0.406 e. The van der Waals surface area contributed by atoms with Crippen LogP contribution in [0.1, 0.15) is 22.4 Å². The molecule has 158 valence electrons. The van der Waals surface area contributed by atoms with Gasteiger partial charge in [-0.2, -0.15) is 0 Å². The molecule has 0 radical (unpaired) electrons. The van der Waals surface area contributed by atoms with Crippen molar-refractivity contribution in [3.8, 4) is 5.75 Å². The summed E-state index contributed by atoms with van der Waals surface area (Å²) in [5, 5.41) is 4.48. The minimum absolute atomic E-state index is 0.0847. The van der Waals surface area contributed by atoms with Gasteiger partial charge in [-0.05, 0) is 49.2 Å². The summed E-state index contributed by atoms with van der Waals surface area (Å²) in [6.07, 6.45) is -4.66. The van der Waals surface area contributed by atoms with Gasteiger partial charge >= 0.3 is 6.36 Å². The number of carbonyl (C=O) groups is 1. The second-order valence-corrected chi connectivity index (χ2v) is 8.70. The van der Waals surface area contributed by atoms with Crippen molar-refractivity contribution in [2.45, 2.75) is 36.7 Å². The number of rotatable bonds is 7. The molecule has 0 aliphatic rings. The fourth-order valence-corrected chi connectivity index (χ4v) is 4.55. The molecule has 0 atom stereocenters. The lowest BCUT2D eigenvalue weighted by Crippen LogP contribution is -2.17. The minimum Gasteiger partial charge on any atom is -0.406 e. The molecular formula is C21H19F3N2O2S2. The summed E-state index contributed by atoms with van der Waals surface area (Å²) in [5.41, 5.74) is 4.74. The number of thioether (sulfide) groups is 1. The van der Waals surface area contributed by atoms with E-state index in [1.165, 1.54) is 40.2 Å². The van der Waals surface area contributed by atoms with Crippen LogP contribution in [0.15, 0.2) is 52.2 Å². The molecule has 1 amide bonds. The van der Waals surface area contributed by atoms with E-state index in [0.717, 1.165) is 22.2 Å². The molecule has 0 unspecified atom stereocenters. The Labute approximate surface area is 180 Å². The van der Waals surface area contributed by atoms with Crippen molar-refractivity contribution >= 4 is 34.7 Å². The van der Waals surface area contributed by atoms with E-state index in [9.17, 15) is 18.0 Å². The van der Waals surface area contributed by atoms with Gasteiger partial charge in [0.25, 0.3) is 0 Å². The van der Waals surface area contributed by atoms with Crippen molar-refractivity contribution in [3.63, 3.8) is 0 Å². The Morgan fingerprint density at radius 2 is 1.90 bits per heavy atom. The van der Waals surface area contributed by atoms with Crippen LogP contribution in [0.4, 0.5) is 18.9 Å². The number of halogens is 3. The molecule has 0 fully saturated rings. The SMILES string of the molecule is Cc1ccc(C)c(CSc2nc(CC(=O)Nc3ccc(OC(F)(F)F)cc3)cs2)c1. The normalized spacial score (nSPS) is 11.4. The van der Waals surface area contributed by atoms with Crippen LogP contribution < -0.4 is 10.1 Å². The Kier molecular flexibility index (Phi) is 7.04. The van der Waals surface area contributed by atoms with E-state index in [0.29, 0.717) is 11.4 Å². The van der Waals surface area contributed by atoms with Gasteiger partial charge in [0.05, 0.1) is 12.1 Å². The maximum absolute atomic E-state index is 12.2. The largest absolute Gasteiger partial charge is 0.573 e. The van der Waals surface area contributed by atoms with Gasteiger partial charge in [0, 0.05) is 16.8 Å². The first-order chi connectivity index (χ1) is 14.2. The number of amides is 1. The summed E-state index contributed by atoms with van der Waals surface area (Å²) in [4.78, 5) is 16.7. The molecular weight excluding hydrogens is 433 g/mol. The number of benzene rings is 2. The first-order valence-corrected chi connectivity index (χ1v) is 10.8. The number of alkyl halides is 3. The van der Waals surface area contributed by atoms with Crippen LogP contribution in [0.2, 0.25) is 0 Å². The number of thiazole rings is 1. The minimum atomic E-state index is -4.75. The third kappa shape index (κ3) is 6.77. The number of ether oxygens (including phenoxy) is 1. The molecule has 1 N–H and O–H groups in total. The Morgan fingerprint density at radius 3 is 2.60 bits per heavy atom. The molecule has 0 aliphatic carbocycles. The summed E-state index contributed by atoms with van der Waals surface area (Å²) in [5.74, 6) is 0.167. The van der Waals surface area contributed by atoms with Crippen molar-refractivity contribution in [3.05, 3.63) is 70.2 Å². The molecule has 0 saturated carbocycles. The number of hydrogen-bond donors (Lipinski definition) is 1. The van der Waals surface area contributed by atoms with E-state index in [1.54, 1.807) is 11.8 Å². The van der Waals surface area contributed by atoms with Crippen molar-refractivity contribution < 1.29 is 22.7 Å². The number of carbonyl (C=O) groups excluding carboxylic acids is 1. The van der Waals surface area contributed by atoms with Crippen molar-refractivity contribution in [2.75, 3.05) is 5.32 Å². The molecule has 9 heteroatoms. The van der Waals surface area contributed by atoms with Crippen LogP contribution in [0, 0.1) is 13.8 Å². The molecule has 0 bridgehead atoms. The number of nitrogens with zero attached hydrogens (tertiary/aromatic N) is 1. The van der Waals surface area contributed by atoms with Gasteiger partial charge in [0.2, 0.25) is 5.91 Å². The first-order valence-electron chi connectivity index (χ1n) is 8.97. The molecule has 0 aliphatic heterocycles. The number of hydrogen-bond acceptors (Lipinski definition) is 5. The van der Waals surface area contributed by atoms with Crippen LogP contribution in [-0.2, 0) is 17.0 Å². The lowest BCUT2D eigenvalue weighted by Gasteiger charge is -2.09. The van der Waals surface area contributed by atoms with Gasteiger partial charge in [0.1, 0.15) is 10.1 Å². The molecule has 4 nitrogen and oxygen atoms in total. The predicted molar refractivity (Wildman–Crippen MR) is 113 cm³/mol. The van der Waals surface area contributed by atoms with Gasteiger partial charge in [0.15, 0.2) is 0 Å². The van der Waals surface area contributed by atoms with E-state index in [-0.39, 0.29) is 18.1 Å². The third-order valence-corrected chi connectivity index (χ3v) is 6.22. The van der Waals surface area contributed by atoms with Crippen molar-refractivity contribution in [2.24, 2.45) is 0 Å². The maximum atomic E-state index is 12.2. The lowest BCUT2D eigenvalue weighted by molar-refractivity contribution is -0.274. The summed E-state index contributed by atoms with van der Waals surface area (Å²) in [7, 11) is 0. The lowest BCUT2D eigenvalue weighted by atomic mass is 10.1.